The van der Waals surface area contributed by atoms with Crippen molar-refractivity contribution in [3.05, 3.63) is 84.2 Å². The molecule has 0 aromatic carbocycles. The van der Waals surface area contributed by atoms with Crippen LogP contribution in [0.15, 0.2) is 67.3 Å². The van der Waals surface area contributed by atoms with Crippen molar-refractivity contribution in [3.8, 4) is 0 Å². The van der Waals surface area contributed by atoms with Crippen LogP contribution < -0.4 is 5.32 Å². The van der Waals surface area contributed by atoms with E-state index in [1.165, 1.54) is 5.56 Å². The lowest BCUT2D eigenvalue weighted by Gasteiger charge is -2.27. The maximum Gasteiger partial charge on any atom is 0.170 e. The lowest BCUT2D eigenvalue weighted by molar-refractivity contribution is 0.306. The highest BCUT2D eigenvalue weighted by atomic mass is 32.1. The van der Waals surface area contributed by atoms with Crippen molar-refractivity contribution in [1.29, 1.82) is 0 Å². The molecule has 1 fully saturated rings. The van der Waals surface area contributed by atoms with Gasteiger partial charge >= 0.3 is 0 Å². The minimum Gasteiger partial charge on any atom is -0.363 e. The second-order valence-corrected chi connectivity index (χ2v) is 6.12. The van der Waals surface area contributed by atoms with Crippen LogP contribution in [0.1, 0.15) is 29.0 Å². The fourth-order valence-corrected chi connectivity index (χ4v) is 3.43. The number of hydrogen-bond acceptors (Lipinski definition) is 3. The molecule has 3 aromatic heterocycles. The Hall–Kier alpha value is -2.73. The van der Waals surface area contributed by atoms with E-state index in [1.54, 1.807) is 0 Å². The van der Waals surface area contributed by atoms with Gasteiger partial charge in [-0.1, -0.05) is 6.07 Å². The summed E-state index contributed by atoms with van der Waals surface area (Å²) in [5.74, 6) is 0. The van der Waals surface area contributed by atoms with Crippen LogP contribution in [-0.2, 0) is 6.54 Å². The number of H-pyrrole nitrogens is 1. The molecule has 0 saturated carbocycles. The molecule has 3 aromatic rings. The Morgan fingerprint density at radius 1 is 1.04 bits per heavy atom. The van der Waals surface area contributed by atoms with Crippen molar-refractivity contribution in [3.63, 3.8) is 0 Å². The second-order valence-electron chi connectivity index (χ2n) is 5.74. The molecule has 2 N–H and O–H groups in total. The number of rotatable bonds is 4. The van der Waals surface area contributed by atoms with Crippen molar-refractivity contribution < 1.29 is 0 Å². The first-order chi connectivity index (χ1) is 11.8. The van der Waals surface area contributed by atoms with Gasteiger partial charge in [-0.05, 0) is 54.2 Å². The number of nitrogens with one attached hydrogen (secondary N) is 2. The predicted molar refractivity (Wildman–Crippen MR) is 96.0 cm³/mol. The number of pyridine rings is 2. The molecule has 6 heteroatoms. The van der Waals surface area contributed by atoms with Crippen molar-refractivity contribution in [2.75, 3.05) is 0 Å². The van der Waals surface area contributed by atoms with Crippen molar-refractivity contribution in [2.24, 2.45) is 0 Å². The number of thiocarbonyl (C=S) groups is 1. The van der Waals surface area contributed by atoms with Gasteiger partial charge in [0.1, 0.15) is 0 Å². The molecule has 5 nitrogen and oxygen atoms in total. The third-order valence-electron chi connectivity index (χ3n) is 4.24. The molecule has 0 spiro atoms. The minimum atomic E-state index is 0.0131. The summed E-state index contributed by atoms with van der Waals surface area (Å²) in [5, 5.41) is 4.18. The van der Waals surface area contributed by atoms with E-state index in [0.717, 1.165) is 23.0 Å². The van der Waals surface area contributed by atoms with E-state index < -0.39 is 0 Å². The quantitative estimate of drug-likeness (QED) is 0.718. The summed E-state index contributed by atoms with van der Waals surface area (Å²) in [6.07, 6.45) is 7.37. The van der Waals surface area contributed by atoms with Gasteiger partial charge in [0.05, 0.1) is 17.8 Å². The molecule has 0 unspecified atom stereocenters. The molecule has 0 amide bonds. The van der Waals surface area contributed by atoms with E-state index in [9.17, 15) is 0 Å². The Bertz CT molecular complexity index is 804. The van der Waals surface area contributed by atoms with Crippen LogP contribution in [0.4, 0.5) is 0 Å². The predicted octanol–water partition coefficient (Wildman–Crippen LogP) is 2.98. The molecule has 1 saturated heterocycles. The Balaban J connectivity index is 1.71. The summed E-state index contributed by atoms with van der Waals surface area (Å²) in [5.41, 5.74) is 3.27. The SMILES string of the molecule is S=C1N[C@@H](c2ccccn2)[C@@H](c2ccc[nH]2)N1Cc1ccncc1. The van der Waals surface area contributed by atoms with E-state index in [0.29, 0.717) is 0 Å². The Morgan fingerprint density at radius 2 is 1.92 bits per heavy atom. The summed E-state index contributed by atoms with van der Waals surface area (Å²) in [7, 11) is 0. The monoisotopic (exact) mass is 335 g/mol. The molecule has 0 radical (unpaired) electrons. The first-order valence-corrected chi connectivity index (χ1v) is 8.24. The van der Waals surface area contributed by atoms with E-state index in [1.807, 2.05) is 61.2 Å². The van der Waals surface area contributed by atoms with Gasteiger partial charge in [-0.3, -0.25) is 9.97 Å². The molecule has 4 rings (SSSR count). The fraction of sp³-hybridized carbons (Fsp3) is 0.167. The number of hydrogen-bond donors (Lipinski definition) is 2. The smallest absolute Gasteiger partial charge is 0.170 e. The van der Waals surface area contributed by atoms with E-state index in [4.69, 9.17) is 12.2 Å². The minimum absolute atomic E-state index is 0.0131. The largest absolute Gasteiger partial charge is 0.363 e. The van der Waals surface area contributed by atoms with Crippen LogP contribution >= 0.6 is 12.2 Å². The average molecular weight is 335 g/mol. The maximum absolute atomic E-state index is 5.63. The molecular formula is C18H17N5S. The van der Waals surface area contributed by atoms with E-state index >= 15 is 0 Å². The summed E-state index contributed by atoms with van der Waals surface area (Å²) in [4.78, 5) is 14.1. The Labute approximate surface area is 145 Å². The first-order valence-electron chi connectivity index (χ1n) is 7.83. The molecule has 0 bridgehead atoms. The third kappa shape index (κ3) is 2.76. The second kappa shape index (κ2) is 6.41. The molecule has 120 valence electrons. The normalized spacial score (nSPS) is 20.2. The lowest BCUT2D eigenvalue weighted by Crippen LogP contribution is -2.29. The van der Waals surface area contributed by atoms with Gasteiger partial charge in [-0.25, -0.2) is 0 Å². The molecule has 24 heavy (non-hydrogen) atoms. The molecule has 1 aliphatic heterocycles. The van der Waals surface area contributed by atoms with Crippen LogP contribution in [0.25, 0.3) is 0 Å². The highest BCUT2D eigenvalue weighted by Gasteiger charge is 2.40. The standard InChI is InChI=1S/C18H17N5S/c24-18-22-16(14-4-1-2-8-20-14)17(15-5-3-9-21-15)23(18)12-13-6-10-19-11-7-13/h1-11,16-17,21H,12H2,(H,22,24)/t16-,17+/m0/s1. The summed E-state index contributed by atoms with van der Waals surface area (Å²) < 4.78 is 0. The van der Waals surface area contributed by atoms with Gasteiger partial charge in [-0.2, -0.15) is 0 Å². The lowest BCUT2D eigenvalue weighted by atomic mass is 10.0. The van der Waals surface area contributed by atoms with Crippen molar-refractivity contribution in [2.45, 2.75) is 18.6 Å². The van der Waals surface area contributed by atoms with Crippen LogP contribution in [0.5, 0.6) is 0 Å². The third-order valence-corrected chi connectivity index (χ3v) is 4.59. The fourth-order valence-electron chi connectivity index (χ4n) is 3.13. The molecule has 4 heterocycles. The number of aromatic amines is 1. The van der Waals surface area contributed by atoms with Crippen LogP contribution in [0.2, 0.25) is 0 Å². The van der Waals surface area contributed by atoms with Crippen molar-refractivity contribution in [1.82, 2.24) is 25.2 Å². The maximum atomic E-state index is 5.63. The van der Waals surface area contributed by atoms with E-state index in [-0.39, 0.29) is 12.1 Å². The molecular weight excluding hydrogens is 318 g/mol. The summed E-state index contributed by atoms with van der Waals surface area (Å²) >= 11 is 5.63. The first kappa shape index (κ1) is 14.8. The van der Waals surface area contributed by atoms with Crippen LogP contribution in [-0.4, -0.2) is 25.0 Å². The molecule has 2 atom stereocenters. The van der Waals surface area contributed by atoms with Gasteiger partial charge in [-0.15, -0.1) is 0 Å². The summed E-state index contributed by atoms with van der Waals surface area (Å²) in [6.45, 7) is 0.724. The van der Waals surface area contributed by atoms with Crippen molar-refractivity contribution >= 4 is 17.3 Å². The number of nitrogens with zero attached hydrogens (tertiary/aromatic N) is 3. The van der Waals surface area contributed by atoms with Gasteiger partial charge in [0, 0.05) is 37.0 Å². The Kier molecular flexibility index (Phi) is 3.96. The summed E-state index contributed by atoms with van der Waals surface area (Å²) in [6, 6.07) is 14.2. The zero-order chi connectivity index (χ0) is 16.4. The Morgan fingerprint density at radius 3 is 2.62 bits per heavy atom. The topological polar surface area (TPSA) is 56.8 Å². The van der Waals surface area contributed by atoms with E-state index in [2.05, 4.69) is 31.2 Å². The number of aromatic nitrogens is 3. The van der Waals surface area contributed by atoms with Gasteiger partial charge in [0.2, 0.25) is 0 Å². The zero-order valence-corrected chi connectivity index (χ0v) is 13.8. The van der Waals surface area contributed by atoms with Gasteiger partial charge < -0.3 is 15.2 Å². The highest BCUT2D eigenvalue weighted by molar-refractivity contribution is 7.80. The van der Waals surface area contributed by atoms with Crippen LogP contribution in [0, 0.1) is 0 Å². The molecule has 0 aliphatic carbocycles. The van der Waals surface area contributed by atoms with Crippen LogP contribution in [0.3, 0.4) is 0 Å². The highest BCUT2D eigenvalue weighted by Crippen LogP contribution is 2.38. The molecule has 1 aliphatic rings. The van der Waals surface area contributed by atoms with Gasteiger partial charge in [0.15, 0.2) is 5.11 Å². The van der Waals surface area contributed by atoms with Gasteiger partial charge in [0.25, 0.3) is 0 Å². The zero-order valence-electron chi connectivity index (χ0n) is 13.0. The average Bonchev–Trinajstić information content (AvgIpc) is 3.25.